The Kier molecular flexibility index (Phi) is 7.77. The molecule has 1 rings (SSSR count). The third-order valence-corrected chi connectivity index (χ3v) is 2.45. The van der Waals surface area contributed by atoms with Crippen molar-refractivity contribution in [2.75, 3.05) is 45.9 Å². The lowest BCUT2D eigenvalue weighted by Gasteiger charge is -2.12. The first-order valence-electron chi connectivity index (χ1n) is 6.50. The van der Waals surface area contributed by atoms with Crippen LogP contribution in [0.2, 0.25) is 0 Å². The van der Waals surface area contributed by atoms with Gasteiger partial charge in [0, 0.05) is 20.1 Å². The highest BCUT2D eigenvalue weighted by Crippen LogP contribution is 2.31. The standard InChI is InChI=1S/C14H23NO4/c1-3-18-12-6-4-7-13(14(12)15)19-9-5-8-17-11-10-16-2/h4,6-7H,3,5,8-11,15H2,1-2H3. The van der Waals surface area contributed by atoms with E-state index in [1.165, 1.54) is 0 Å². The fourth-order valence-electron chi connectivity index (χ4n) is 1.52. The van der Waals surface area contributed by atoms with Gasteiger partial charge in [0.1, 0.15) is 17.2 Å². The summed E-state index contributed by atoms with van der Waals surface area (Å²) in [6, 6.07) is 5.54. The zero-order valence-electron chi connectivity index (χ0n) is 11.7. The molecule has 0 fully saturated rings. The number of ether oxygens (including phenoxy) is 4. The summed E-state index contributed by atoms with van der Waals surface area (Å²) < 4.78 is 21.2. The first-order valence-corrected chi connectivity index (χ1v) is 6.50. The van der Waals surface area contributed by atoms with Crippen LogP contribution in [0, 0.1) is 0 Å². The highest BCUT2D eigenvalue weighted by atomic mass is 16.5. The molecule has 1 aromatic rings. The fourth-order valence-corrected chi connectivity index (χ4v) is 1.52. The molecule has 0 unspecified atom stereocenters. The SMILES string of the molecule is CCOc1cccc(OCCCOCCOC)c1N. The Morgan fingerprint density at radius 2 is 1.74 bits per heavy atom. The van der Waals surface area contributed by atoms with Crippen molar-refractivity contribution in [2.24, 2.45) is 0 Å². The van der Waals surface area contributed by atoms with Gasteiger partial charge in [0.25, 0.3) is 0 Å². The van der Waals surface area contributed by atoms with Crippen molar-refractivity contribution in [3.63, 3.8) is 0 Å². The first kappa shape index (κ1) is 15.6. The van der Waals surface area contributed by atoms with E-state index in [9.17, 15) is 0 Å². The van der Waals surface area contributed by atoms with E-state index in [2.05, 4.69) is 0 Å². The molecule has 5 heteroatoms. The Bertz CT molecular complexity index is 357. The Labute approximate surface area is 114 Å². The van der Waals surface area contributed by atoms with Crippen LogP contribution in [0.15, 0.2) is 18.2 Å². The van der Waals surface area contributed by atoms with Gasteiger partial charge in [0.2, 0.25) is 0 Å². The molecule has 19 heavy (non-hydrogen) atoms. The average molecular weight is 269 g/mol. The highest BCUT2D eigenvalue weighted by Gasteiger charge is 2.06. The number of benzene rings is 1. The molecule has 0 aliphatic carbocycles. The van der Waals surface area contributed by atoms with Crippen molar-refractivity contribution in [2.45, 2.75) is 13.3 Å². The van der Waals surface area contributed by atoms with Crippen LogP contribution >= 0.6 is 0 Å². The van der Waals surface area contributed by atoms with Gasteiger partial charge in [-0.05, 0) is 19.1 Å². The van der Waals surface area contributed by atoms with E-state index in [0.29, 0.717) is 50.2 Å². The van der Waals surface area contributed by atoms with Gasteiger partial charge in [-0.2, -0.15) is 0 Å². The van der Waals surface area contributed by atoms with E-state index >= 15 is 0 Å². The van der Waals surface area contributed by atoms with E-state index in [1.54, 1.807) is 7.11 Å². The Morgan fingerprint density at radius 3 is 2.42 bits per heavy atom. The lowest BCUT2D eigenvalue weighted by atomic mass is 10.2. The van der Waals surface area contributed by atoms with Crippen molar-refractivity contribution < 1.29 is 18.9 Å². The Morgan fingerprint density at radius 1 is 1.00 bits per heavy atom. The number of hydrogen-bond acceptors (Lipinski definition) is 5. The molecule has 1 aromatic carbocycles. The number of anilines is 1. The number of rotatable bonds is 10. The Hall–Kier alpha value is -1.46. The molecule has 0 saturated heterocycles. The highest BCUT2D eigenvalue weighted by molar-refractivity contribution is 5.62. The molecule has 0 spiro atoms. The van der Waals surface area contributed by atoms with Gasteiger partial charge in [-0.3, -0.25) is 0 Å². The summed E-state index contributed by atoms with van der Waals surface area (Å²) >= 11 is 0. The summed E-state index contributed by atoms with van der Waals surface area (Å²) in [5.74, 6) is 1.32. The molecule has 0 atom stereocenters. The summed E-state index contributed by atoms with van der Waals surface area (Å²) in [5, 5.41) is 0. The average Bonchev–Trinajstić information content (AvgIpc) is 2.42. The van der Waals surface area contributed by atoms with Gasteiger partial charge in [-0.1, -0.05) is 6.07 Å². The quantitative estimate of drug-likeness (QED) is 0.520. The fraction of sp³-hybridized carbons (Fsp3) is 0.571. The minimum Gasteiger partial charge on any atom is -0.492 e. The summed E-state index contributed by atoms with van der Waals surface area (Å²) in [6.45, 7) is 4.94. The molecule has 2 N–H and O–H groups in total. The first-order chi connectivity index (χ1) is 9.29. The molecule has 5 nitrogen and oxygen atoms in total. The molecule has 0 aromatic heterocycles. The molecule has 0 radical (unpaired) electrons. The second-order valence-corrected chi connectivity index (χ2v) is 3.91. The van der Waals surface area contributed by atoms with Gasteiger partial charge in [0.05, 0.1) is 26.4 Å². The second kappa shape index (κ2) is 9.47. The maximum Gasteiger partial charge on any atom is 0.146 e. The van der Waals surface area contributed by atoms with E-state index < -0.39 is 0 Å². The largest absolute Gasteiger partial charge is 0.492 e. The summed E-state index contributed by atoms with van der Waals surface area (Å²) in [7, 11) is 1.65. The van der Waals surface area contributed by atoms with Crippen LogP contribution in [-0.4, -0.2) is 40.1 Å². The minimum absolute atomic E-state index is 0.546. The number of nitrogens with two attached hydrogens (primary N) is 1. The topological polar surface area (TPSA) is 62.9 Å². The van der Waals surface area contributed by atoms with Crippen LogP contribution < -0.4 is 15.2 Å². The van der Waals surface area contributed by atoms with Gasteiger partial charge in [-0.25, -0.2) is 0 Å². The van der Waals surface area contributed by atoms with E-state index in [4.69, 9.17) is 24.7 Å². The number of hydrogen-bond donors (Lipinski definition) is 1. The molecular formula is C14H23NO4. The maximum absolute atomic E-state index is 5.95. The van der Waals surface area contributed by atoms with Crippen LogP contribution in [0.5, 0.6) is 11.5 Å². The monoisotopic (exact) mass is 269 g/mol. The van der Waals surface area contributed by atoms with Crippen molar-refractivity contribution >= 4 is 5.69 Å². The summed E-state index contributed by atoms with van der Waals surface area (Å²) in [6.07, 6.45) is 0.808. The van der Waals surface area contributed by atoms with Gasteiger partial charge in [-0.15, -0.1) is 0 Å². The number of nitrogen functional groups attached to an aromatic ring is 1. The Balaban J connectivity index is 2.27. The van der Waals surface area contributed by atoms with Gasteiger partial charge >= 0.3 is 0 Å². The van der Waals surface area contributed by atoms with Gasteiger partial charge < -0.3 is 24.7 Å². The third-order valence-electron chi connectivity index (χ3n) is 2.45. The molecule has 0 saturated carbocycles. The minimum atomic E-state index is 0.546. The predicted octanol–water partition coefficient (Wildman–Crippen LogP) is 2.10. The third kappa shape index (κ3) is 5.81. The van der Waals surface area contributed by atoms with Crippen molar-refractivity contribution in [3.05, 3.63) is 18.2 Å². The lowest BCUT2D eigenvalue weighted by Crippen LogP contribution is -2.08. The van der Waals surface area contributed by atoms with Crippen LogP contribution in [0.1, 0.15) is 13.3 Å². The van der Waals surface area contributed by atoms with Crippen LogP contribution in [0.4, 0.5) is 5.69 Å². The zero-order chi connectivity index (χ0) is 13.9. The van der Waals surface area contributed by atoms with Crippen LogP contribution in [0.25, 0.3) is 0 Å². The second-order valence-electron chi connectivity index (χ2n) is 3.91. The number of para-hydroxylation sites is 1. The van der Waals surface area contributed by atoms with Crippen molar-refractivity contribution in [1.29, 1.82) is 0 Å². The molecule has 108 valence electrons. The van der Waals surface area contributed by atoms with E-state index in [-0.39, 0.29) is 0 Å². The molecule has 0 aliphatic heterocycles. The zero-order valence-corrected chi connectivity index (χ0v) is 11.7. The summed E-state index contributed by atoms with van der Waals surface area (Å²) in [4.78, 5) is 0. The van der Waals surface area contributed by atoms with Crippen LogP contribution in [0.3, 0.4) is 0 Å². The molecule has 0 amide bonds. The van der Waals surface area contributed by atoms with Crippen molar-refractivity contribution in [3.8, 4) is 11.5 Å². The molecular weight excluding hydrogens is 246 g/mol. The van der Waals surface area contributed by atoms with E-state index in [1.807, 2.05) is 25.1 Å². The maximum atomic E-state index is 5.95. The van der Waals surface area contributed by atoms with Crippen molar-refractivity contribution in [1.82, 2.24) is 0 Å². The lowest BCUT2D eigenvalue weighted by molar-refractivity contribution is 0.0644. The molecule has 0 bridgehead atoms. The molecule has 0 heterocycles. The summed E-state index contributed by atoms with van der Waals surface area (Å²) in [5.41, 5.74) is 6.50. The number of methoxy groups -OCH3 is 1. The van der Waals surface area contributed by atoms with Crippen LogP contribution in [-0.2, 0) is 9.47 Å². The smallest absolute Gasteiger partial charge is 0.146 e. The normalized spacial score (nSPS) is 10.4. The predicted molar refractivity (Wildman–Crippen MR) is 74.8 cm³/mol. The van der Waals surface area contributed by atoms with E-state index in [0.717, 1.165) is 6.42 Å². The molecule has 0 aliphatic rings. The van der Waals surface area contributed by atoms with Gasteiger partial charge in [0.15, 0.2) is 0 Å².